The van der Waals surface area contributed by atoms with Crippen molar-refractivity contribution in [2.75, 3.05) is 5.75 Å². The second-order valence-electron chi connectivity index (χ2n) is 1.88. The van der Waals surface area contributed by atoms with Gasteiger partial charge in [-0.05, 0) is 31.2 Å². The van der Waals surface area contributed by atoms with Crippen molar-refractivity contribution in [1.29, 1.82) is 0 Å². The Morgan fingerprint density at radius 3 is 2.36 bits per heavy atom. The van der Waals surface area contributed by atoms with Crippen LogP contribution in [0.25, 0.3) is 0 Å². The second-order valence-corrected chi connectivity index (χ2v) is 2.48. The lowest BCUT2D eigenvalue weighted by atomic mass is 10.5. The van der Waals surface area contributed by atoms with E-state index in [0.29, 0.717) is 0 Å². The molecule has 0 fully saturated rings. The van der Waals surface area contributed by atoms with E-state index >= 15 is 0 Å². The van der Waals surface area contributed by atoms with Gasteiger partial charge in [-0.15, -0.1) is 0 Å². The van der Waals surface area contributed by atoms with Crippen molar-refractivity contribution in [2.24, 2.45) is 10.1 Å². The van der Waals surface area contributed by atoms with Crippen LogP contribution >= 0.6 is 25.4 Å². The molecule has 0 aromatic rings. The van der Waals surface area contributed by atoms with Crippen LogP contribution in [-0.4, -0.2) is 12.0 Å². The van der Waals surface area contributed by atoms with E-state index in [9.17, 15) is 0 Å². The Labute approximate surface area is 97.0 Å². The minimum atomic E-state index is 0.768. The lowest BCUT2D eigenvalue weighted by Crippen LogP contribution is -1.72. The summed E-state index contributed by atoms with van der Waals surface area (Å²) >= 11 is 7.51. The Morgan fingerprint density at radius 1 is 1.21 bits per heavy atom. The summed E-state index contributed by atoms with van der Waals surface area (Å²) in [5.74, 6) is 0.768. The number of nitrogens with zero attached hydrogens (tertiary/aromatic N) is 1. The molecule has 4 heteroatoms. The first-order valence-electron chi connectivity index (χ1n) is 3.92. The first-order chi connectivity index (χ1) is 6.83. The number of nitrogens with two attached hydrogens (primary N) is 1. The summed E-state index contributed by atoms with van der Waals surface area (Å²) in [6.07, 6.45) is 13.8. The van der Waals surface area contributed by atoms with Crippen molar-refractivity contribution < 1.29 is 0 Å². The summed E-state index contributed by atoms with van der Waals surface area (Å²) in [6, 6.07) is 0. The maximum Gasteiger partial charge on any atom is 0.0348 e. The molecule has 0 aromatic carbocycles. The summed E-state index contributed by atoms with van der Waals surface area (Å²) in [5, 5.41) is 0. The quantitative estimate of drug-likeness (QED) is 0.386. The third-order valence-corrected chi connectivity index (χ3v) is 1.21. The zero-order valence-corrected chi connectivity index (χ0v) is 9.74. The first kappa shape index (κ1) is 15.6. The molecule has 0 aliphatic carbocycles. The van der Waals surface area contributed by atoms with E-state index in [0.717, 1.165) is 5.75 Å². The summed E-state index contributed by atoms with van der Waals surface area (Å²) in [4.78, 5) is 0. The van der Waals surface area contributed by atoms with E-state index in [1.54, 1.807) is 30.5 Å². The molecule has 14 heavy (non-hydrogen) atoms. The van der Waals surface area contributed by atoms with Gasteiger partial charge in [0.2, 0.25) is 0 Å². The van der Waals surface area contributed by atoms with E-state index in [1.807, 2.05) is 12.2 Å². The second kappa shape index (κ2) is 18.0. The average molecular weight is 228 g/mol. The molecule has 0 aromatic heterocycles. The third kappa shape index (κ3) is 22.5. The lowest BCUT2D eigenvalue weighted by molar-refractivity contribution is 1.59. The highest BCUT2D eigenvalue weighted by molar-refractivity contribution is 7.80. The fourth-order valence-corrected chi connectivity index (χ4v) is 0.569. The average Bonchev–Trinajstić information content (AvgIpc) is 2.21. The Bertz CT molecular complexity index is 218. The van der Waals surface area contributed by atoms with Gasteiger partial charge in [-0.1, -0.05) is 30.9 Å². The molecule has 0 saturated heterocycles. The minimum absolute atomic E-state index is 0.768. The van der Waals surface area contributed by atoms with E-state index in [2.05, 4.69) is 36.4 Å². The summed E-state index contributed by atoms with van der Waals surface area (Å²) < 4.78 is 3.41. The molecule has 0 bridgehead atoms. The van der Waals surface area contributed by atoms with Gasteiger partial charge in [0.1, 0.15) is 0 Å². The number of rotatable bonds is 4. The molecule has 0 aliphatic rings. The fraction of sp³-hybridized carbons (Fsp3) is 0.100. The largest absolute Gasteiger partial charge is 0.405 e. The summed E-state index contributed by atoms with van der Waals surface area (Å²) in [6.45, 7) is 3.46. The molecule has 0 radical (unpaired) electrons. The highest BCUT2D eigenvalue weighted by atomic mass is 32.1. The SMILES string of the molecule is C=C/C=C\C=N/S.N/C=C\C=C/CS. The third-order valence-electron chi connectivity index (χ3n) is 0.864. The van der Waals surface area contributed by atoms with Crippen molar-refractivity contribution in [3.05, 3.63) is 49.2 Å². The Balaban J connectivity index is 0. The molecular formula is C10H16N2S2. The first-order valence-corrected chi connectivity index (χ1v) is 4.96. The molecule has 0 aliphatic heterocycles. The van der Waals surface area contributed by atoms with Crippen LogP contribution in [0, 0.1) is 0 Å². The van der Waals surface area contributed by atoms with Crippen molar-refractivity contribution in [3.8, 4) is 0 Å². The van der Waals surface area contributed by atoms with Crippen LogP contribution < -0.4 is 5.73 Å². The van der Waals surface area contributed by atoms with Crippen LogP contribution in [0.3, 0.4) is 0 Å². The van der Waals surface area contributed by atoms with E-state index < -0.39 is 0 Å². The van der Waals surface area contributed by atoms with E-state index in [-0.39, 0.29) is 0 Å². The van der Waals surface area contributed by atoms with Crippen LogP contribution in [0.2, 0.25) is 0 Å². The van der Waals surface area contributed by atoms with E-state index in [1.165, 1.54) is 6.20 Å². The molecular weight excluding hydrogens is 212 g/mol. The van der Waals surface area contributed by atoms with Gasteiger partial charge >= 0.3 is 0 Å². The van der Waals surface area contributed by atoms with Crippen molar-refractivity contribution in [2.45, 2.75) is 0 Å². The number of hydrogen-bond donors (Lipinski definition) is 3. The molecule has 0 atom stereocenters. The predicted octanol–water partition coefficient (Wildman–Crippen LogP) is 2.59. The zero-order chi connectivity index (χ0) is 11.1. The lowest BCUT2D eigenvalue weighted by Gasteiger charge is -1.70. The minimum Gasteiger partial charge on any atom is -0.405 e. The molecule has 0 unspecified atom stereocenters. The highest BCUT2D eigenvalue weighted by Crippen LogP contribution is 1.76. The van der Waals surface area contributed by atoms with Gasteiger partial charge in [0.05, 0.1) is 0 Å². The molecule has 0 heterocycles. The fourth-order valence-electron chi connectivity index (χ4n) is 0.370. The van der Waals surface area contributed by atoms with Gasteiger partial charge in [-0.3, -0.25) is 0 Å². The topological polar surface area (TPSA) is 38.4 Å². The van der Waals surface area contributed by atoms with Gasteiger partial charge in [-0.25, -0.2) is 4.40 Å². The van der Waals surface area contributed by atoms with Crippen LogP contribution in [0.15, 0.2) is 53.6 Å². The smallest absolute Gasteiger partial charge is 0.0348 e. The molecule has 0 saturated carbocycles. The molecule has 0 rings (SSSR count). The molecule has 78 valence electrons. The maximum atomic E-state index is 5.01. The van der Waals surface area contributed by atoms with Gasteiger partial charge in [0.15, 0.2) is 0 Å². The number of allylic oxidation sites excluding steroid dienone is 5. The number of thiol groups is 2. The predicted molar refractivity (Wildman–Crippen MR) is 73.1 cm³/mol. The van der Waals surface area contributed by atoms with E-state index in [4.69, 9.17) is 5.73 Å². The van der Waals surface area contributed by atoms with Crippen LogP contribution in [0.4, 0.5) is 0 Å². The van der Waals surface area contributed by atoms with Crippen LogP contribution in [0.5, 0.6) is 0 Å². The Kier molecular flexibility index (Phi) is 20.1. The van der Waals surface area contributed by atoms with Gasteiger partial charge in [0, 0.05) is 12.0 Å². The van der Waals surface area contributed by atoms with Gasteiger partial charge < -0.3 is 5.73 Å². The monoisotopic (exact) mass is 228 g/mol. The standard InChI is InChI=1S/C5H7NS.C5H9NS/c1-2-3-4-5-6-7;6-4-2-1-3-5-7/h2-5,7H,1H2;1-4,7H,5-6H2/b4-3-,6-5-;3-1-,4-2-. The molecule has 2 N–H and O–H groups in total. The highest BCUT2D eigenvalue weighted by Gasteiger charge is 1.58. The van der Waals surface area contributed by atoms with Crippen LogP contribution in [-0.2, 0) is 0 Å². The van der Waals surface area contributed by atoms with Crippen molar-refractivity contribution in [3.63, 3.8) is 0 Å². The number of hydrogen-bond acceptors (Lipinski definition) is 4. The van der Waals surface area contributed by atoms with Crippen molar-refractivity contribution in [1.82, 2.24) is 0 Å². The van der Waals surface area contributed by atoms with Gasteiger partial charge in [-0.2, -0.15) is 12.6 Å². The van der Waals surface area contributed by atoms with Crippen molar-refractivity contribution >= 4 is 31.7 Å². The Morgan fingerprint density at radius 2 is 1.93 bits per heavy atom. The Hall–Kier alpha value is -0.870. The van der Waals surface area contributed by atoms with Crippen LogP contribution in [0.1, 0.15) is 0 Å². The molecule has 2 nitrogen and oxygen atoms in total. The molecule has 0 spiro atoms. The molecule has 0 amide bonds. The zero-order valence-electron chi connectivity index (χ0n) is 7.95. The normalized spacial score (nSPS) is 11.3. The maximum absolute atomic E-state index is 5.01. The van der Waals surface area contributed by atoms with Gasteiger partial charge in [0.25, 0.3) is 0 Å². The summed E-state index contributed by atoms with van der Waals surface area (Å²) in [7, 11) is 0. The summed E-state index contributed by atoms with van der Waals surface area (Å²) in [5.41, 5.74) is 5.01.